The number of rotatable bonds is 6. The van der Waals surface area contributed by atoms with Crippen molar-refractivity contribution < 1.29 is 0 Å². The van der Waals surface area contributed by atoms with Crippen LogP contribution in [-0.4, -0.2) is 36.1 Å². The van der Waals surface area contributed by atoms with Gasteiger partial charge in [-0.2, -0.15) is 0 Å². The SMILES string of the molecule is CCNC1CCC(C)(C)CC1N(CC1CC1)C1CC1. The lowest BCUT2D eigenvalue weighted by Crippen LogP contribution is -2.55. The maximum atomic E-state index is 3.79. The van der Waals surface area contributed by atoms with Crippen LogP contribution in [0.1, 0.15) is 65.7 Å². The van der Waals surface area contributed by atoms with Crippen molar-refractivity contribution in [1.29, 1.82) is 0 Å². The zero-order valence-electron chi connectivity index (χ0n) is 13.1. The van der Waals surface area contributed by atoms with Gasteiger partial charge in [-0.1, -0.05) is 20.8 Å². The molecule has 0 aliphatic heterocycles. The van der Waals surface area contributed by atoms with Gasteiger partial charge in [-0.05, 0) is 62.8 Å². The van der Waals surface area contributed by atoms with Crippen molar-refractivity contribution in [1.82, 2.24) is 10.2 Å². The van der Waals surface area contributed by atoms with Gasteiger partial charge in [-0.15, -0.1) is 0 Å². The van der Waals surface area contributed by atoms with Crippen LogP contribution < -0.4 is 5.32 Å². The molecule has 3 saturated carbocycles. The molecule has 3 fully saturated rings. The van der Waals surface area contributed by atoms with E-state index in [9.17, 15) is 0 Å². The van der Waals surface area contributed by atoms with Gasteiger partial charge in [0.2, 0.25) is 0 Å². The fraction of sp³-hybridized carbons (Fsp3) is 1.00. The lowest BCUT2D eigenvalue weighted by atomic mass is 9.72. The molecule has 0 aromatic heterocycles. The molecule has 2 unspecified atom stereocenters. The average molecular weight is 264 g/mol. The highest BCUT2D eigenvalue weighted by Crippen LogP contribution is 2.43. The normalized spacial score (nSPS) is 34.7. The van der Waals surface area contributed by atoms with E-state index < -0.39 is 0 Å². The topological polar surface area (TPSA) is 15.3 Å². The van der Waals surface area contributed by atoms with E-state index >= 15 is 0 Å². The molecule has 0 aromatic rings. The van der Waals surface area contributed by atoms with E-state index in [1.54, 1.807) is 0 Å². The summed E-state index contributed by atoms with van der Waals surface area (Å²) in [4.78, 5) is 2.92. The predicted molar refractivity (Wildman–Crippen MR) is 81.3 cm³/mol. The molecule has 3 aliphatic rings. The summed E-state index contributed by atoms with van der Waals surface area (Å²) >= 11 is 0. The van der Waals surface area contributed by atoms with Crippen LogP contribution in [0, 0.1) is 11.3 Å². The molecule has 3 rings (SSSR count). The molecular weight excluding hydrogens is 232 g/mol. The summed E-state index contributed by atoms with van der Waals surface area (Å²) in [5.41, 5.74) is 0.549. The van der Waals surface area contributed by atoms with Gasteiger partial charge in [-0.25, -0.2) is 0 Å². The van der Waals surface area contributed by atoms with E-state index in [2.05, 4.69) is 31.0 Å². The van der Waals surface area contributed by atoms with Crippen molar-refractivity contribution in [2.45, 2.75) is 83.8 Å². The number of nitrogens with zero attached hydrogens (tertiary/aromatic N) is 1. The lowest BCUT2D eigenvalue weighted by molar-refractivity contribution is 0.0564. The first kappa shape index (κ1) is 13.9. The maximum absolute atomic E-state index is 3.79. The first-order valence-electron chi connectivity index (χ1n) is 8.58. The van der Waals surface area contributed by atoms with Crippen LogP contribution in [0.25, 0.3) is 0 Å². The molecule has 3 aliphatic carbocycles. The summed E-state index contributed by atoms with van der Waals surface area (Å²) < 4.78 is 0. The summed E-state index contributed by atoms with van der Waals surface area (Å²) in [5.74, 6) is 1.04. The molecule has 2 heteroatoms. The van der Waals surface area contributed by atoms with Gasteiger partial charge in [-0.3, -0.25) is 4.90 Å². The Labute approximate surface area is 119 Å². The average Bonchev–Trinajstić information content (AvgIpc) is 3.22. The third-order valence-electron chi connectivity index (χ3n) is 5.43. The maximum Gasteiger partial charge on any atom is 0.0257 e. The summed E-state index contributed by atoms with van der Waals surface area (Å²) in [6.45, 7) is 9.74. The van der Waals surface area contributed by atoms with Gasteiger partial charge >= 0.3 is 0 Å². The van der Waals surface area contributed by atoms with Gasteiger partial charge in [0.15, 0.2) is 0 Å². The number of hydrogen-bond donors (Lipinski definition) is 1. The first-order valence-corrected chi connectivity index (χ1v) is 8.58. The van der Waals surface area contributed by atoms with E-state index in [1.807, 2.05) is 0 Å². The van der Waals surface area contributed by atoms with E-state index in [0.717, 1.165) is 30.6 Å². The largest absolute Gasteiger partial charge is 0.313 e. The van der Waals surface area contributed by atoms with E-state index in [4.69, 9.17) is 0 Å². The minimum Gasteiger partial charge on any atom is -0.313 e. The molecule has 2 atom stereocenters. The van der Waals surface area contributed by atoms with E-state index in [-0.39, 0.29) is 0 Å². The number of likely N-dealkylation sites (N-methyl/N-ethyl adjacent to an activating group) is 1. The Hall–Kier alpha value is -0.0800. The third kappa shape index (κ3) is 3.52. The molecule has 1 N–H and O–H groups in total. The summed E-state index contributed by atoms with van der Waals surface area (Å²) in [6.07, 6.45) is 10.1. The standard InChI is InChI=1S/C17H32N2/c1-4-18-15-9-10-17(2,3)11-16(15)19(14-7-8-14)12-13-5-6-13/h13-16,18H,4-12H2,1-3H3. The monoisotopic (exact) mass is 264 g/mol. The van der Waals surface area contributed by atoms with Crippen molar-refractivity contribution in [2.24, 2.45) is 11.3 Å². The van der Waals surface area contributed by atoms with Gasteiger partial charge in [0.05, 0.1) is 0 Å². The Bertz CT molecular complexity index is 304. The lowest BCUT2D eigenvalue weighted by Gasteiger charge is -2.46. The summed E-state index contributed by atoms with van der Waals surface area (Å²) in [5, 5.41) is 3.79. The Morgan fingerprint density at radius 1 is 1.11 bits per heavy atom. The molecule has 0 heterocycles. The second-order valence-electron chi connectivity index (χ2n) is 8.01. The van der Waals surface area contributed by atoms with Crippen molar-refractivity contribution in [2.75, 3.05) is 13.1 Å². The third-order valence-corrected chi connectivity index (χ3v) is 5.43. The molecular formula is C17H32N2. The molecule has 0 spiro atoms. The fourth-order valence-electron chi connectivity index (χ4n) is 3.96. The molecule has 0 bridgehead atoms. The smallest absolute Gasteiger partial charge is 0.0257 e. The van der Waals surface area contributed by atoms with Crippen molar-refractivity contribution in [3.63, 3.8) is 0 Å². The zero-order chi connectivity index (χ0) is 13.5. The Morgan fingerprint density at radius 3 is 2.42 bits per heavy atom. The zero-order valence-corrected chi connectivity index (χ0v) is 13.1. The molecule has 2 nitrogen and oxygen atoms in total. The van der Waals surface area contributed by atoms with E-state index in [1.165, 1.54) is 51.5 Å². The van der Waals surface area contributed by atoms with Crippen LogP contribution in [0.2, 0.25) is 0 Å². The summed E-state index contributed by atoms with van der Waals surface area (Å²) in [6, 6.07) is 2.48. The molecule has 0 amide bonds. The second-order valence-corrected chi connectivity index (χ2v) is 8.01. The van der Waals surface area contributed by atoms with Crippen molar-refractivity contribution >= 4 is 0 Å². The van der Waals surface area contributed by atoms with Crippen molar-refractivity contribution in [3.05, 3.63) is 0 Å². The quantitative estimate of drug-likeness (QED) is 0.791. The predicted octanol–water partition coefficient (Wildman–Crippen LogP) is 3.42. The number of hydrogen-bond acceptors (Lipinski definition) is 2. The van der Waals surface area contributed by atoms with Crippen molar-refractivity contribution in [3.8, 4) is 0 Å². The summed E-state index contributed by atoms with van der Waals surface area (Å²) in [7, 11) is 0. The minimum atomic E-state index is 0.549. The molecule has 0 radical (unpaired) electrons. The van der Waals surface area contributed by atoms with Gasteiger partial charge in [0, 0.05) is 24.7 Å². The van der Waals surface area contributed by atoms with Crippen LogP contribution in [0.15, 0.2) is 0 Å². The van der Waals surface area contributed by atoms with Crippen LogP contribution >= 0.6 is 0 Å². The first-order chi connectivity index (χ1) is 9.09. The van der Waals surface area contributed by atoms with Crippen LogP contribution in [-0.2, 0) is 0 Å². The van der Waals surface area contributed by atoms with Gasteiger partial charge < -0.3 is 5.32 Å². The highest BCUT2D eigenvalue weighted by atomic mass is 15.2. The molecule has 110 valence electrons. The Kier molecular flexibility index (Phi) is 3.92. The highest BCUT2D eigenvalue weighted by Gasteiger charge is 2.44. The van der Waals surface area contributed by atoms with Gasteiger partial charge in [0.25, 0.3) is 0 Å². The highest BCUT2D eigenvalue weighted by molar-refractivity contribution is 5.00. The molecule has 0 aromatic carbocycles. The Morgan fingerprint density at radius 2 is 1.84 bits per heavy atom. The second kappa shape index (κ2) is 5.37. The van der Waals surface area contributed by atoms with Crippen LogP contribution in [0.3, 0.4) is 0 Å². The van der Waals surface area contributed by atoms with E-state index in [0.29, 0.717) is 5.41 Å². The minimum absolute atomic E-state index is 0.549. The Balaban J connectivity index is 1.70. The van der Waals surface area contributed by atoms with Crippen LogP contribution in [0.4, 0.5) is 0 Å². The van der Waals surface area contributed by atoms with Crippen LogP contribution in [0.5, 0.6) is 0 Å². The molecule has 19 heavy (non-hydrogen) atoms. The number of nitrogens with one attached hydrogen (secondary N) is 1. The fourth-order valence-corrected chi connectivity index (χ4v) is 3.96. The molecule has 0 saturated heterocycles. The van der Waals surface area contributed by atoms with Gasteiger partial charge in [0.1, 0.15) is 0 Å².